The maximum Gasteiger partial charge on any atom is 0.252 e. The molecule has 1 unspecified atom stereocenters. The normalized spacial score (nSPS) is 15.0. The summed E-state index contributed by atoms with van der Waals surface area (Å²) in [6.07, 6.45) is 4.15. The Hall–Kier alpha value is -3.15. The van der Waals surface area contributed by atoms with Crippen LogP contribution in [0.5, 0.6) is 0 Å². The average molecular weight is 362 g/mol. The molecule has 6 nitrogen and oxygen atoms in total. The third-order valence-corrected chi connectivity index (χ3v) is 5.03. The molecule has 3 aromatic rings. The summed E-state index contributed by atoms with van der Waals surface area (Å²) >= 11 is 0. The molecule has 0 radical (unpaired) electrons. The van der Waals surface area contributed by atoms with Crippen LogP contribution >= 0.6 is 0 Å². The Balaban J connectivity index is 1.58. The maximum atomic E-state index is 13.0. The summed E-state index contributed by atoms with van der Waals surface area (Å²) in [6.45, 7) is 1.52. The summed E-state index contributed by atoms with van der Waals surface area (Å²) in [6, 6.07) is 14.6. The van der Waals surface area contributed by atoms with Gasteiger partial charge in [-0.25, -0.2) is 0 Å². The predicted octanol–water partition coefficient (Wildman–Crippen LogP) is 2.53. The number of carbonyl (C=O) groups is 2. The van der Waals surface area contributed by atoms with Crippen LogP contribution in [0.4, 0.5) is 0 Å². The number of aromatic amines is 1. The zero-order valence-electron chi connectivity index (χ0n) is 15.0. The van der Waals surface area contributed by atoms with E-state index in [4.69, 9.17) is 0 Å². The minimum atomic E-state index is -0.583. The van der Waals surface area contributed by atoms with Crippen molar-refractivity contribution in [3.05, 3.63) is 65.9 Å². The van der Waals surface area contributed by atoms with E-state index in [0.717, 1.165) is 42.4 Å². The van der Waals surface area contributed by atoms with Gasteiger partial charge in [0.2, 0.25) is 5.91 Å². The number of hydrogen-bond donors (Lipinski definition) is 2. The van der Waals surface area contributed by atoms with Gasteiger partial charge in [0.15, 0.2) is 0 Å². The molecule has 2 N–H and O–H groups in total. The van der Waals surface area contributed by atoms with Crippen molar-refractivity contribution < 1.29 is 9.59 Å². The van der Waals surface area contributed by atoms with E-state index in [2.05, 4.69) is 15.5 Å². The van der Waals surface area contributed by atoms with Gasteiger partial charge in [0, 0.05) is 24.9 Å². The van der Waals surface area contributed by atoms with E-state index >= 15 is 0 Å². The third kappa shape index (κ3) is 3.69. The van der Waals surface area contributed by atoms with Crippen molar-refractivity contribution in [1.29, 1.82) is 0 Å². The molecule has 6 heteroatoms. The number of likely N-dealkylation sites (tertiary alicyclic amines) is 1. The predicted molar refractivity (Wildman–Crippen MR) is 103 cm³/mol. The zero-order chi connectivity index (χ0) is 18.6. The van der Waals surface area contributed by atoms with E-state index in [1.54, 1.807) is 12.3 Å². The van der Waals surface area contributed by atoms with Gasteiger partial charge in [0.05, 0.1) is 17.3 Å². The highest BCUT2D eigenvalue weighted by Gasteiger charge is 2.28. The molecule has 2 aromatic carbocycles. The molecule has 2 amide bonds. The van der Waals surface area contributed by atoms with Gasteiger partial charge >= 0.3 is 0 Å². The summed E-state index contributed by atoms with van der Waals surface area (Å²) in [5.41, 5.74) is 2.35. The van der Waals surface area contributed by atoms with E-state index < -0.39 is 6.04 Å². The molecule has 1 saturated heterocycles. The number of nitrogens with zero attached hydrogens (tertiary/aromatic N) is 2. The average Bonchev–Trinajstić information content (AvgIpc) is 3.39. The number of benzene rings is 2. The maximum absolute atomic E-state index is 13.0. The monoisotopic (exact) mass is 362 g/mol. The first-order valence-corrected chi connectivity index (χ1v) is 9.28. The van der Waals surface area contributed by atoms with Crippen molar-refractivity contribution in [2.75, 3.05) is 13.1 Å². The fourth-order valence-corrected chi connectivity index (χ4v) is 3.61. The van der Waals surface area contributed by atoms with Crippen LogP contribution in [0.1, 0.15) is 28.8 Å². The third-order valence-electron chi connectivity index (χ3n) is 5.03. The minimum absolute atomic E-state index is 0.0101. The largest absolute Gasteiger partial charge is 0.341 e. The number of hydrogen-bond acceptors (Lipinski definition) is 3. The van der Waals surface area contributed by atoms with Crippen LogP contribution in [-0.4, -0.2) is 46.0 Å². The number of carbonyl (C=O) groups excluding carboxylic acids is 2. The number of rotatable bonds is 5. The first-order valence-electron chi connectivity index (χ1n) is 9.28. The molecule has 0 aliphatic carbocycles. The Bertz CT molecular complexity index is 945. The van der Waals surface area contributed by atoms with Gasteiger partial charge in [-0.3, -0.25) is 14.7 Å². The SMILES string of the molecule is O=C(NC(Cc1ccccc1)C(=O)N1CCCC1)c1cccc2[nH]ncc12. The van der Waals surface area contributed by atoms with E-state index in [9.17, 15) is 9.59 Å². The highest BCUT2D eigenvalue weighted by molar-refractivity contribution is 6.07. The van der Waals surface area contributed by atoms with Gasteiger partial charge in [0.1, 0.15) is 6.04 Å². The number of nitrogens with one attached hydrogen (secondary N) is 2. The second-order valence-corrected chi connectivity index (χ2v) is 6.88. The summed E-state index contributed by atoms with van der Waals surface area (Å²) in [5, 5.41) is 10.6. The van der Waals surface area contributed by atoms with Crippen LogP contribution < -0.4 is 5.32 Å². The fraction of sp³-hybridized carbons (Fsp3) is 0.286. The number of fused-ring (bicyclic) bond motifs is 1. The van der Waals surface area contributed by atoms with Gasteiger partial charge < -0.3 is 10.2 Å². The molecular formula is C21H22N4O2. The van der Waals surface area contributed by atoms with Crippen molar-refractivity contribution in [3.63, 3.8) is 0 Å². The quantitative estimate of drug-likeness (QED) is 0.732. The van der Waals surface area contributed by atoms with E-state index in [1.165, 1.54) is 0 Å². The smallest absolute Gasteiger partial charge is 0.252 e. The summed E-state index contributed by atoms with van der Waals surface area (Å²) < 4.78 is 0. The van der Waals surface area contributed by atoms with Gasteiger partial charge in [-0.2, -0.15) is 5.10 Å². The number of aromatic nitrogens is 2. The molecule has 1 aliphatic heterocycles. The Morgan fingerprint density at radius 2 is 1.85 bits per heavy atom. The molecular weight excluding hydrogens is 340 g/mol. The van der Waals surface area contributed by atoms with Crippen molar-refractivity contribution in [2.24, 2.45) is 0 Å². The molecule has 138 valence electrons. The lowest BCUT2D eigenvalue weighted by atomic mass is 10.0. The van der Waals surface area contributed by atoms with Crippen molar-refractivity contribution in [2.45, 2.75) is 25.3 Å². The standard InChI is InChI=1S/C21H22N4O2/c26-20(16-9-6-10-18-17(16)14-22-24-18)23-19(13-15-7-2-1-3-8-15)21(27)25-11-4-5-12-25/h1-3,6-10,14,19H,4-5,11-13H2,(H,22,24)(H,23,26). The van der Waals surface area contributed by atoms with Gasteiger partial charge in [0.25, 0.3) is 5.91 Å². The molecule has 1 aromatic heterocycles. The molecule has 1 fully saturated rings. The lowest BCUT2D eigenvalue weighted by molar-refractivity contribution is -0.132. The first kappa shape index (κ1) is 17.3. The molecule has 0 spiro atoms. The number of amides is 2. The fourth-order valence-electron chi connectivity index (χ4n) is 3.61. The molecule has 1 atom stereocenters. The van der Waals surface area contributed by atoms with E-state index in [0.29, 0.717) is 12.0 Å². The van der Waals surface area contributed by atoms with E-state index in [-0.39, 0.29) is 11.8 Å². The minimum Gasteiger partial charge on any atom is -0.341 e. The molecule has 2 heterocycles. The molecule has 1 aliphatic rings. The lowest BCUT2D eigenvalue weighted by Crippen LogP contribution is -2.49. The zero-order valence-corrected chi connectivity index (χ0v) is 15.0. The van der Waals surface area contributed by atoms with Gasteiger partial charge in [-0.1, -0.05) is 36.4 Å². The topological polar surface area (TPSA) is 78.1 Å². The Labute approximate surface area is 157 Å². The number of H-pyrrole nitrogens is 1. The lowest BCUT2D eigenvalue weighted by Gasteiger charge is -2.24. The molecule has 0 bridgehead atoms. The van der Waals surface area contributed by atoms with Crippen LogP contribution in [0.15, 0.2) is 54.7 Å². The Morgan fingerprint density at radius 3 is 2.63 bits per heavy atom. The van der Waals surface area contributed by atoms with E-state index in [1.807, 2.05) is 47.4 Å². The Morgan fingerprint density at radius 1 is 1.07 bits per heavy atom. The molecule has 0 saturated carbocycles. The first-order chi connectivity index (χ1) is 13.2. The van der Waals surface area contributed by atoms with Gasteiger partial charge in [-0.15, -0.1) is 0 Å². The summed E-state index contributed by atoms with van der Waals surface area (Å²) in [5.74, 6) is -0.264. The van der Waals surface area contributed by atoms with Gasteiger partial charge in [-0.05, 0) is 30.5 Å². The molecule has 4 rings (SSSR count). The second-order valence-electron chi connectivity index (χ2n) is 6.88. The van der Waals surface area contributed by atoms with Crippen LogP contribution in [0.3, 0.4) is 0 Å². The molecule has 27 heavy (non-hydrogen) atoms. The van der Waals surface area contributed by atoms with Crippen LogP contribution in [-0.2, 0) is 11.2 Å². The van der Waals surface area contributed by atoms with Crippen LogP contribution in [0, 0.1) is 0 Å². The van der Waals surface area contributed by atoms with Crippen molar-refractivity contribution in [1.82, 2.24) is 20.4 Å². The second kappa shape index (κ2) is 7.61. The van der Waals surface area contributed by atoms with Crippen LogP contribution in [0.25, 0.3) is 10.9 Å². The summed E-state index contributed by atoms with van der Waals surface area (Å²) in [7, 11) is 0. The highest BCUT2D eigenvalue weighted by Crippen LogP contribution is 2.17. The van der Waals surface area contributed by atoms with Crippen molar-refractivity contribution in [3.8, 4) is 0 Å². The van der Waals surface area contributed by atoms with Crippen LogP contribution in [0.2, 0.25) is 0 Å². The highest BCUT2D eigenvalue weighted by atomic mass is 16.2. The van der Waals surface area contributed by atoms with Crippen molar-refractivity contribution >= 4 is 22.7 Å². The summed E-state index contributed by atoms with van der Waals surface area (Å²) in [4.78, 5) is 27.8. The Kier molecular flexibility index (Phi) is 4.87.